The molecule has 0 amide bonds. The number of aryl methyl sites for hydroxylation is 2. The molecule has 0 fully saturated rings. The summed E-state index contributed by atoms with van der Waals surface area (Å²) in [5.74, 6) is 0.414. The Kier molecular flexibility index (Phi) is 9.51. The molecule has 1 heterocycles. The molecule has 1 N–H and O–H groups in total. The minimum atomic E-state index is 0. The molecule has 1 aromatic heterocycles. The third-order valence-electron chi connectivity index (χ3n) is 5.54. The van der Waals surface area contributed by atoms with Gasteiger partial charge in [0.15, 0.2) is 4.80 Å². The lowest BCUT2D eigenvalue weighted by atomic mass is 10.0. The Morgan fingerprint density at radius 2 is 1.59 bits per heavy atom. The van der Waals surface area contributed by atoms with Crippen LogP contribution in [0.15, 0.2) is 29.3 Å². The number of aromatic hydroxyl groups is 1. The summed E-state index contributed by atoms with van der Waals surface area (Å²) in [4.78, 5) is 6.10. The van der Waals surface area contributed by atoms with Gasteiger partial charge in [0.1, 0.15) is 5.75 Å². The molecule has 0 aliphatic rings. The summed E-state index contributed by atoms with van der Waals surface area (Å²) < 4.78 is 3.60. The molecule has 29 heavy (non-hydrogen) atoms. The Hall–Kier alpha value is -1.52. The van der Waals surface area contributed by atoms with Crippen molar-refractivity contribution >= 4 is 44.7 Å². The zero-order valence-corrected chi connectivity index (χ0v) is 19.7. The average Bonchev–Trinajstić information content (AvgIpc) is 3.08. The fourth-order valence-electron chi connectivity index (χ4n) is 3.88. The van der Waals surface area contributed by atoms with Gasteiger partial charge in [-0.05, 0) is 19.8 Å². The van der Waals surface area contributed by atoms with Gasteiger partial charge >= 0.3 is 0 Å². The molecule has 0 saturated carbocycles. The molecule has 0 saturated heterocycles. The van der Waals surface area contributed by atoms with Gasteiger partial charge in [-0.1, -0.05) is 88.0 Å². The van der Waals surface area contributed by atoms with Crippen LogP contribution in [-0.4, -0.2) is 16.2 Å². The molecule has 0 bridgehead atoms. The van der Waals surface area contributed by atoms with E-state index in [0.29, 0.717) is 5.75 Å². The minimum Gasteiger partial charge on any atom is -0.507 e. The Bertz CT molecular complexity index is 990. The molecule has 0 spiro atoms. The van der Waals surface area contributed by atoms with Crippen LogP contribution in [0.25, 0.3) is 21.0 Å². The topological polar surface area (TPSA) is 37.5 Å². The number of halogens is 1. The van der Waals surface area contributed by atoms with E-state index in [9.17, 15) is 5.11 Å². The van der Waals surface area contributed by atoms with Crippen molar-refractivity contribution in [2.45, 2.75) is 78.7 Å². The first-order valence-electron chi connectivity index (χ1n) is 10.9. The molecule has 3 aromatic rings. The largest absolute Gasteiger partial charge is 0.507 e. The highest BCUT2D eigenvalue weighted by atomic mass is 35.5. The predicted molar refractivity (Wildman–Crippen MR) is 130 cm³/mol. The zero-order chi connectivity index (χ0) is 19.9. The highest BCUT2D eigenvalue weighted by Crippen LogP contribution is 2.38. The normalized spacial score (nSPS) is 12.0. The Morgan fingerprint density at radius 1 is 0.931 bits per heavy atom. The molecule has 2 aromatic carbocycles. The Balaban J connectivity index is 0.00000300. The quantitative estimate of drug-likeness (QED) is 0.332. The van der Waals surface area contributed by atoms with Crippen LogP contribution in [0.4, 0.5) is 0 Å². The Labute approximate surface area is 184 Å². The second-order valence-electron chi connectivity index (χ2n) is 7.74. The molecule has 160 valence electrons. The molecule has 0 aliphatic carbocycles. The first-order chi connectivity index (χ1) is 13.7. The summed E-state index contributed by atoms with van der Waals surface area (Å²) in [6, 6.07) is 8.23. The van der Waals surface area contributed by atoms with E-state index >= 15 is 0 Å². The number of unbranched alkanes of at least 4 members (excludes halogenated alkanes) is 6. The summed E-state index contributed by atoms with van der Waals surface area (Å²) >= 11 is 1.74. The van der Waals surface area contributed by atoms with Crippen LogP contribution in [0.5, 0.6) is 5.75 Å². The fraction of sp³-hybridized carbons (Fsp3) is 0.542. The van der Waals surface area contributed by atoms with E-state index in [1.54, 1.807) is 11.3 Å². The fourth-order valence-corrected chi connectivity index (χ4v) is 5.07. The van der Waals surface area contributed by atoms with E-state index < -0.39 is 0 Å². The van der Waals surface area contributed by atoms with Crippen LogP contribution >= 0.6 is 23.7 Å². The number of thiazole rings is 1. The third-order valence-corrected chi connectivity index (χ3v) is 6.77. The number of benzene rings is 2. The van der Waals surface area contributed by atoms with E-state index in [1.165, 1.54) is 55.2 Å². The molecular weight excluding hydrogens is 400 g/mol. The van der Waals surface area contributed by atoms with E-state index in [1.807, 2.05) is 19.1 Å². The first-order valence-corrected chi connectivity index (χ1v) is 11.7. The van der Waals surface area contributed by atoms with Crippen LogP contribution in [-0.2, 0) is 6.54 Å². The van der Waals surface area contributed by atoms with Crippen molar-refractivity contribution in [2.75, 3.05) is 6.54 Å². The number of aromatic nitrogens is 1. The summed E-state index contributed by atoms with van der Waals surface area (Å²) in [6.45, 7) is 8.43. The van der Waals surface area contributed by atoms with Crippen molar-refractivity contribution < 1.29 is 5.11 Å². The van der Waals surface area contributed by atoms with Gasteiger partial charge in [0, 0.05) is 29.4 Å². The van der Waals surface area contributed by atoms with Crippen LogP contribution in [0.3, 0.4) is 0 Å². The van der Waals surface area contributed by atoms with Gasteiger partial charge in [-0.25, -0.2) is 0 Å². The minimum absolute atomic E-state index is 0. The van der Waals surface area contributed by atoms with E-state index in [-0.39, 0.29) is 12.4 Å². The van der Waals surface area contributed by atoms with Gasteiger partial charge in [-0.3, -0.25) is 4.99 Å². The number of rotatable bonds is 10. The summed E-state index contributed by atoms with van der Waals surface area (Å²) in [5, 5.41) is 12.8. The maximum Gasteiger partial charge on any atom is 0.185 e. The second-order valence-corrected chi connectivity index (χ2v) is 8.71. The lowest BCUT2D eigenvalue weighted by Gasteiger charge is -2.11. The zero-order valence-electron chi connectivity index (χ0n) is 18.0. The number of phenols is 1. The van der Waals surface area contributed by atoms with Crippen molar-refractivity contribution in [3.05, 3.63) is 34.6 Å². The Morgan fingerprint density at radius 3 is 2.28 bits per heavy atom. The second kappa shape index (κ2) is 11.6. The van der Waals surface area contributed by atoms with Crippen molar-refractivity contribution in [1.29, 1.82) is 0 Å². The van der Waals surface area contributed by atoms with Gasteiger partial charge in [0.25, 0.3) is 0 Å². The van der Waals surface area contributed by atoms with Gasteiger partial charge in [0.05, 0.1) is 10.2 Å². The third kappa shape index (κ3) is 5.35. The van der Waals surface area contributed by atoms with Crippen molar-refractivity contribution in [3.63, 3.8) is 0 Å². The van der Waals surface area contributed by atoms with Crippen molar-refractivity contribution in [3.8, 4) is 5.75 Å². The summed E-state index contributed by atoms with van der Waals surface area (Å²) in [6.07, 6.45) is 9.92. The number of hydrogen-bond donors (Lipinski definition) is 1. The maximum atomic E-state index is 10.7. The van der Waals surface area contributed by atoms with E-state index in [0.717, 1.165) is 40.6 Å². The van der Waals surface area contributed by atoms with Crippen LogP contribution in [0, 0.1) is 6.92 Å². The first kappa shape index (κ1) is 23.8. The summed E-state index contributed by atoms with van der Waals surface area (Å²) in [7, 11) is 0. The molecule has 3 rings (SSSR count). The number of hydrogen-bond acceptors (Lipinski definition) is 3. The molecule has 3 nitrogen and oxygen atoms in total. The monoisotopic (exact) mass is 434 g/mol. The van der Waals surface area contributed by atoms with Crippen LogP contribution < -0.4 is 4.80 Å². The van der Waals surface area contributed by atoms with Crippen LogP contribution in [0.1, 0.15) is 70.8 Å². The lowest BCUT2D eigenvalue weighted by molar-refractivity contribution is 0.478. The average molecular weight is 435 g/mol. The number of fused-ring (bicyclic) bond motifs is 3. The van der Waals surface area contributed by atoms with Gasteiger partial charge < -0.3 is 9.67 Å². The van der Waals surface area contributed by atoms with Gasteiger partial charge in [-0.2, -0.15) is 0 Å². The van der Waals surface area contributed by atoms with E-state index in [2.05, 4.69) is 30.5 Å². The molecular formula is C24H35ClN2OS. The SMILES string of the molecule is CCCCCC/N=c1/sc2c(C)c(O)c3ccccc3c2n1CCCCCC.Cl. The highest BCUT2D eigenvalue weighted by Gasteiger charge is 2.16. The number of phenolic OH excluding ortho intramolecular Hbond substituents is 1. The van der Waals surface area contributed by atoms with E-state index in [4.69, 9.17) is 4.99 Å². The highest BCUT2D eigenvalue weighted by molar-refractivity contribution is 7.16. The van der Waals surface area contributed by atoms with Gasteiger partial charge in [0.2, 0.25) is 0 Å². The molecule has 0 aliphatic heterocycles. The molecule has 0 radical (unpaired) electrons. The lowest BCUT2D eigenvalue weighted by Crippen LogP contribution is -2.15. The maximum absolute atomic E-state index is 10.7. The standard InChI is InChI=1S/C24H34N2OS.ClH/c1-4-6-8-12-16-25-24-26(17-13-9-7-5-2)21-19-14-10-11-15-20(19)22(27)18(3)23(21)28-24;/h10-11,14-15,27H,4-9,12-13,16-17H2,1-3H3;1H/b25-24+;. The van der Waals surface area contributed by atoms with Gasteiger partial charge in [-0.15, -0.1) is 12.4 Å². The number of nitrogens with zero attached hydrogens (tertiary/aromatic N) is 2. The molecule has 5 heteroatoms. The molecule has 0 atom stereocenters. The summed E-state index contributed by atoms with van der Waals surface area (Å²) in [5.41, 5.74) is 2.23. The van der Waals surface area contributed by atoms with Crippen molar-refractivity contribution in [1.82, 2.24) is 4.57 Å². The molecule has 0 unspecified atom stereocenters. The smallest absolute Gasteiger partial charge is 0.185 e. The predicted octanol–water partition coefficient (Wildman–Crippen LogP) is 7.35. The van der Waals surface area contributed by atoms with Crippen LogP contribution in [0.2, 0.25) is 0 Å². The van der Waals surface area contributed by atoms with Crippen molar-refractivity contribution in [2.24, 2.45) is 4.99 Å².